The molecular formula is C27H28F2N4O4. The van der Waals surface area contributed by atoms with Crippen LogP contribution in [0.3, 0.4) is 0 Å². The van der Waals surface area contributed by atoms with E-state index in [1.54, 1.807) is 0 Å². The Kier molecular flexibility index (Phi) is 9.54. The quantitative estimate of drug-likeness (QED) is 0.287. The average molecular weight is 511 g/mol. The zero-order valence-corrected chi connectivity index (χ0v) is 20.5. The topological polar surface area (TPSA) is 115 Å². The fourth-order valence-corrected chi connectivity index (χ4v) is 3.54. The molecule has 0 saturated carbocycles. The summed E-state index contributed by atoms with van der Waals surface area (Å²) in [5, 5.41) is 5.23. The maximum atomic E-state index is 13.7. The number of carbonyl (C=O) groups is 2. The van der Waals surface area contributed by atoms with Gasteiger partial charge in [-0.1, -0.05) is 42.5 Å². The van der Waals surface area contributed by atoms with Crippen molar-refractivity contribution in [2.75, 3.05) is 14.2 Å². The van der Waals surface area contributed by atoms with Gasteiger partial charge in [0.25, 0.3) is 0 Å². The monoisotopic (exact) mass is 510 g/mol. The Bertz CT molecular complexity index is 1270. The fourth-order valence-electron chi connectivity index (χ4n) is 3.54. The molecule has 8 nitrogen and oxygen atoms in total. The third-order valence-electron chi connectivity index (χ3n) is 5.40. The van der Waals surface area contributed by atoms with E-state index in [9.17, 15) is 18.4 Å². The first-order valence-corrected chi connectivity index (χ1v) is 11.4. The van der Waals surface area contributed by atoms with Crippen molar-refractivity contribution in [3.8, 4) is 11.5 Å². The van der Waals surface area contributed by atoms with Crippen molar-refractivity contribution in [3.63, 3.8) is 0 Å². The number of amides is 2. The molecule has 0 aliphatic rings. The molecule has 0 aromatic heterocycles. The largest absolute Gasteiger partial charge is 0.494 e. The zero-order chi connectivity index (χ0) is 26.8. The normalized spacial score (nSPS) is 11.9. The fraction of sp³-hybridized carbons (Fsp3) is 0.222. The van der Waals surface area contributed by atoms with E-state index in [1.807, 2.05) is 30.3 Å². The van der Waals surface area contributed by atoms with Crippen molar-refractivity contribution in [2.24, 2.45) is 10.7 Å². The van der Waals surface area contributed by atoms with E-state index >= 15 is 0 Å². The Hall–Kier alpha value is -4.47. The van der Waals surface area contributed by atoms with Gasteiger partial charge in [-0.2, -0.15) is 0 Å². The minimum atomic E-state index is -0.948. The highest BCUT2D eigenvalue weighted by Gasteiger charge is 2.20. The molecule has 194 valence electrons. The predicted octanol–water partition coefficient (Wildman–Crippen LogP) is 2.88. The Labute approximate surface area is 213 Å². The number of aliphatic imine (C=N–C) groups is 1. The molecule has 0 saturated heterocycles. The second-order valence-corrected chi connectivity index (χ2v) is 8.10. The molecule has 0 fully saturated rings. The first-order valence-electron chi connectivity index (χ1n) is 11.4. The number of nitrogens with zero attached hydrogens (tertiary/aromatic N) is 1. The van der Waals surface area contributed by atoms with Gasteiger partial charge in [0.1, 0.15) is 6.04 Å². The van der Waals surface area contributed by atoms with Crippen LogP contribution in [-0.2, 0) is 29.0 Å². The minimum absolute atomic E-state index is 0.0188. The van der Waals surface area contributed by atoms with Crippen LogP contribution in [0.5, 0.6) is 11.5 Å². The lowest BCUT2D eigenvalue weighted by Crippen LogP contribution is -2.42. The highest BCUT2D eigenvalue weighted by atomic mass is 19.1. The Morgan fingerprint density at radius 2 is 1.49 bits per heavy atom. The molecule has 1 atom stereocenters. The Morgan fingerprint density at radius 1 is 0.892 bits per heavy atom. The van der Waals surface area contributed by atoms with Gasteiger partial charge in [0.2, 0.25) is 11.8 Å². The van der Waals surface area contributed by atoms with Gasteiger partial charge in [0, 0.05) is 13.0 Å². The van der Waals surface area contributed by atoms with Crippen molar-refractivity contribution >= 4 is 17.8 Å². The summed E-state index contributed by atoms with van der Waals surface area (Å²) in [6.07, 6.45) is 0.125. The zero-order valence-electron chi connectivity index (χ0n) is 20.5. The van der Waals surface area contributed by atoms with Gasteiger partial charge < -0.3 is 20.5 Å². The second-order valence-electron chi connectivity index (χ2n) is 8.10. The van der Waals surface area contributed by atoms with Gasteiger partial charge in [-0.15, -0.1) is 0 Å². The molecule has 37 heavy (non-hydrogen) atoms. The number of halogens is 2. The maximum Gasteiger partial charge on any atom is 0.245 e. The van der Waals surface area contributed by atoms with Crippen LogP contribution < -0.4 is 25.8 Å². The molecule has 3 aromatic carbocycles. The molecule has 3 rings (SSSR count). The molecule has 0 spiro atoms. The first-order chi connectivity index (χ1) is 17.8. The predicted molar refractivity (Wildman–Crippen MR) is 135 cm³/mol. The Morgan fingerprint density at radius 3 is 2.11 bits per heavy atom. The molecule has 4 N–H and O–H groups in total. The number of nitrogens with two attached hydrogens (primary N) is 1. The van der Waals surface area contributed by atoms with Crippen molar-refractivity contribution in [2.45, 2.75) is 25.4 Å². The molecule has 10 heteroatoms. The maximum absolute atomic E-state index is 13.7. The first kappa shape index (κ1) is 27.1. The summed E-state index contributed by atoms with van der Waals surface area (Å²) in [5.74, 6) is -2.13. The van der Waals surface area contributed by atoms with Crippen LogP contribution in [0.15, 0.2) is 71.7 Å². The smallest absolute Gasteiger partial charge is 0.245 e. The number of benzene rings is 3. The summed E-state index contributed by atoms with van der Waals surface area (Å²) in [5.41, 5.74) is 7.94. The molecule has 3 aromatic rings. The van der Waals surface area contributed by atoms with Crippen LogP contribution in [0.1, 0.15) is 16.7 Å². The van der Waals surface area contributed by atoms with Gasteiger partial charge >= 0.3 is 0 Å². The van der Waals surface area contributed by atoms with E-state index in [0.29, 0.717) is 11.1 Å². The number of hydrogen-bond acceptors (Lipinski definition) is 5. The highest BCUT2D eigenvalue weighted by Crippen LogP contribution is 2.19. The van der Waals surface area contributed by atoms with Crippen LogP contribution in [0.2, 0.25) is 0 Å². The average Bonchev–Trinajstić information content (AvgIpc) is 2.89. The molecule has 0 aliphatic carbocycles. The van der Waals surface area contributed by atoms with Gasteiger partial charge in [0.05, 0.1) is 20.6 Å². The molecule has 0 heterocycles. The van der Waals surface area contributed by atoms with Gasteiger partial charge in [-0.3, -0.25) is 14.9 Å². The number of hydrogen-bond donors (Lipinski definition) is 3. The summed E-state index contributed by atoms with van der Waals surface area (Å²) in [4.78, 5) is 29.7. The van der Waals surface area contributed by atoms with Crippen molar-refractivity contribution < 1.29 is 27.8 Å². The SMILES string of the molecule is COc1cc(CNC(=O)C(Cc2ccccc2)N=C(N)NC(=O)Cc2ccc(F)c(OC)c2)ccc1F. The van der Waals surface area contributed by atoms with Gasteiger partial charge in [-0.25, -0.2) is 13.8 Å². The molecule has 0 bridgehead atoms. The van der Waals surface area contributed by atoms with Crippen LogP contribution in [-0.4, -0.2) is 38.0 Å². The van der Waals surface area contributed by atoms with E-state index in [0.717, 1.165) is 5.56 Å². The van der Waals surface area contributed by atoms with Gasteiger partial charge in [0.15, 0.2) is 29.1 Å². The lowest BCUT2D eigenvalue weighted by Gasteiger charge is -2.15. The summed E-state index contributed by atoms with van der Waals surface area (Å²) < 4.78 is 37.2. The molecule has 1 unspecified atom stereocenters. The molecule has 2 amide bonds. The number of ether oxygens (including phenoxy) is 2. The van der Waals surface area contributed by atoms with Crippen LogP contribution >= 0.6 is 0 Å². The summed E-state index contributed by atoms with van der Waals surface area (Å²) >= 11 is 0. The molecule has 0 aliphatic heterocycles. The number of carbonyl (C=O) groups excluding carboxylic acids is 2. The van der Waals surface area contributed by atoms with E-state index in [1.165, 1.54) is 50.6 Å². The summed E-state index contributed by atoms with van der Waals surface area (Å²) in [6.45, 7) is 0.106. The van der Waals surface area contributed by atoms with Crippen LogP contribution in [0, 0.1) is 11.6 Å². The van der Waals surface area contributed by atoms with E-state index in [-0.39, 0.29) is 36.8 Å². The van der Waals surface area contributed by atoms with E-state index in [4.69, 9.17) is 15.2 Å². The standard InChI is InChI=1S/C27H28F2N4O4/c1-36-23-13-18(8-10-20(23)28)15-25(34)33-27(30)32-22(12-17-6-4-3-5-7-17)26(35)31-16-19-9-11-21(29)24(14-19)37-2/h3-11,13-14,22H,12,15-16H2,1-2H3,(H,31,35)(H3,30,32,33,34). The van der Waals surface area contributed by atoms with Gasteiger partial charge in [-0.05, 0) is 41.0 Å². The molecular weight excluding hydrogens is 482 g/mol. The van der Waals surface area contributed by atoms with Crippen molar-refractivity contribution in [3.05, 3.63) is 95.1 Å². The summed E-state index contributed by atoms with van der Waals surface area (Å²) in [7, 11) is 2.69. The number of guanidine groups is 1. The number of methoxy groups -OCH3 is 2. The third-order valence-corrected chi connectivity index (χ3v) is 5.40. The third kappa shape index (κ3) is 8.03. The van der Waals surface area contributed by atoms with Crippen LogP contribution in [0.4, 0.5) is 8.78 Å². The highest BCUT2D eigenvalue weighted by molar-refractivity contribution is 5.98. The lowest BCUT2D eigenvalue weighted by atomic mass is 10.1. The Balaban J connectivity index is 1.70. The van der Waals surface area contributed by atoms with Crippen molar-refractivity contribution in [1.82, 2.24) is 10.6 Å². The molecule has 0 radical (unpaired) electrons. The minimum Gasteiger partial charge on any atom is -0.494 e. The van der Waals surface area contributed by atoms with Crippen LogP contribution in [0.25, 0.3) is 0 Å². The second kappa shape index (κ2) is 13.0. The van der Waals surface area contributed by atoms with Crippen molar-refractivity contribution in [1.29, 1.82) is 0 Å². The van der Waals surface area contributed by atoms with E-state index < -0.39 is 29.5 Å². The number of rotatable bonds is 10. The summed E-state index contributed by atoms with van der Waals surface area (Å²) in [6, 6.07) is 16.6. The van der Waals surface area contributed by atoms with E-state index in [2.05, 4.69) is 15.6 Å². The number of nitrogens with one attached hydrogen (secondary N) is 2. The lowest BCUT2D eigenvalue weighted by molar-refractivity contribution is -0.122.